The molecule has 0 saturated heterocycles. The summed E-state index contributed by atoms with van der Waals surface area (Å²) >= 11 is 0. The molecule has 12 heteroatoms. The number of fused-ring (bicyclic) bond motifs is 1. The number of amides is 2. The van der Waals surface area contributed by atoms with Crippen molar-refractivity contribution in [2.45, 2.75) is 97.2 Å². The number of nitrogens with one attached hydrogen (secondary N) is 2. The lowest BCUT2D eigenvalue weighted by Crippen LogP contribution is -2.54. The molecule has 2 aromatic heterocycles. The summed E-state index contributed by atoms with van der Waals surface area (Å²) in [4.78, 5) is 39.1. The Morgan fingerprint density at radius 2 is 1.98 bits per heavy atom. The van der Waals surface area contributed by atoms with Crippen molar-refractivity contribution in [3.05, 3.63) is 64.9 Å². The Balaban J connectivity index is 1.30. The summed E-state index contributed by atoms with van der Waals surface area (Å²) < 4.78 is 17.1. The number of carbonyl (C=O) groups is 2. The Labute approximate surface area is 270 Å². The Morgan fingerprint density at radius 1 is 1.20 bits per heavy atom. The Bertz CT molecular complexity index is 1530. The van der Waals surface area contributed by atoms with Crippen LogP contribution in [0.3, 0.4) is 0 Å². The van der Waals surface area contributed by atoms with Gasteiger partial charge >= 0.3 is 6.09 Å². The smallest absolute Gasteiger partial charge is 0.410 e. The van der Waals surface area contributed by atoms with Crippen LogP contribution in [0.15, 0.2) is 41.1 Å². The molecule has 3 heterocycles. The third kappa shape index (κ3) is 8.09. The first kappa shape index (κ1) is 33.1. The van der Waals surface area contributed by atoms with Gasteiger partial charge in [-0.1, -0.05) is 6.07 Å². The number of aliphatic hydroxyl groups excluding tert-OH is 1. The number of aryl methyl sites for hydroxylation is 1. The van der Waals surface area contributed by atoms with E-state index < -0.39 is 23.8 Å². The molecule has 2 atom stereocenters. The molecular formula is C34H46N6O6. The molecule has 5 rings (SSSR count). The fourth-order valence-electron chi connectivity index (χ4n) is 5.43. The highest BCUT2D eigenvalue weighted by Crippen LogP contribution is 2.30. The number of nitrogens with zero attached hydrogens (tertiary/aromatic N) is 4. The Hall–Kier alpha value is -4.32. The predicted molar refractivity (Wildman–Crippen MR) is 174 cm³/mol. The van der Waals surface area contributed by atoms with Crippen molar-refractivity contribution in [2.24, 2.45) is 0 Å². The minimum absolute atomic E-state index is 0.0531. The van der Waals surface area contributed by atoms with Crippen LogP contribution in [-0.4, -0.2) is 75.9 Å². The third-order valence-corrected chi connectivity index (χ3v) is 8.50. The van der Waals surface area contributed by atoms with Gasteiger partial charge in [-0.2, -0.15) is 0 Å². The molecule has 1 aromatic carbocycles. The molecule has 0 spiro atoms. The van der Waals surface area contributed by atoms with Gasteiger partial charge in [0.05, 0.1) is 17.8 Å². The van der Waals surface area contributed by atoms with Crippen molar-refractivity contribution < 1.29 is 28.6 Å². The van der Waals surface area contributed by atoms with Crippen molar-refractivity contribution in [3.8, 4) is 5.75 Å². The van der Waals surface area contributed by atoms with Gasteiger partial charge in [0, 0.05) is 38.3 Å². The van der Waals surface area contributed by atoms with E-state index in [1.807, 2.05) is 44.0 Å². The highest BCUT2D eigenvalue weighted by molar-refractivity contribution is 5.95. The molecule has 12 nitrogen and oxygen atoms in total. The number of aromatic nitrogens is 2. The number of pyridine rings is 1. The molecule has 1 saturated carbocycles. The molecule has 1 aliphatic heterocycles. The monoisotopic (exact) mass is 634 g/mol. The van der Waals surface area contributed by atoms with E-state index in [9.17, 15) is 14.7 Å². The van der Waals surface area contributed by atoms with E-state index in [0.717, 1.165) is 36.2 Å². The van der Waals surface area contributed by atoms with Crippen LogP contribution in [-0.2, 0) is 24.3 Å². The van der Waals surface area contributed by atoms with Crippen molar-refractivity contribution in [1.29, 1.82) is 0 Å². The maximum Gasteiger partial charge on any atom is 0.410 e. The standard InChI is InChI=1S/C34H46N6O6/c1-7-39(6)31-16-23(15-30(38-31)37-25-9-8-10-25)32(42)35-17-28(41)27-14-22-11-12-26(44-19-29-21(2)36-20-45-29)13-24(22)18-40(27)33(43)46-34(3,4)5/h11-13,15-16,20,25,27-28,41H,7-10,14,17-19H2,1-6H3,(H,35,42)(H,37,38)/t27?,28-/m1/s1. The van der Waals surface area contributed by atoms with Crippen LogP contribution in [0.2, 0.25) is 0 Å². The van der Waals surface area contributed by atoms with Gasteiger partial charge in [0.1, 0.15) is 29.6 Å². The van der Waals surface area contributed by atoms with Crippen molar-refractivity contribution in [2.75, 3.05) is 30.4 Å². The number of rotatable bonds is 11. The van der Waals surface area contributed by atoms with Gasteiger partial charge < -0.3 is 34.5 Å². The molecular weight excluding hydrogens is 588 g/mol. The molecule has 46 heavy (non-hydrogen) atoms. The van der Waals surface area contributed by atoms with Crippen molar-refractivity contribution in [1.82, 2.24) is 20.2 Å². The summed E-state index contributed by atoms with van der Waals surface area (Å²) in [7, 11) is 1.93. The van der Waals surface area contributed by atoms with E-state index in [4.69, 9.17) is 18.9 Å². The molecule has 1 fully saturated rings. The summed E-state index contributed by atoms with van der Waals surface area (Å²) in [6.07, 6.45) is 3.52. The maximum absolute atomic E-state index is 13.4. The molecule has 248 valence electrons. The van der Waals surface area contributed by atoms with Crippen LogP contribution >= 0.6 is 0 Å². The lowest BCUT2D eigenvalue weighted by Gasteiger charge is -2.40. The molecule has 0 bridgehead atoms. The summed E-state index contributed by atoms with van der Waals surface area (Å²) in [5.41, 5.74) is 2.36. The van der Waals surface area contributed by atoms with E-state index in [0.29, 0.717) is 41.2 Å². The normalized spacial score (nSPS) is 17.0. The van der Waals surface area contributed by atoms with Gasteiger partial charge in [-0.05, 0) is 95.7 Å². The van der Waals surface area contributed by atoms with E-state index in [1.54, 1.807) is 32.9 Å². The first-order valence-corrected chi connectivity index (χ1v) is 16.0. The van der Waals surface area contributed by atoms with Gasteiger partial charge in [-0.25, -0.2) is 14.8 Å². The predicted octanol–water partition coefficient (Wildman–Crippen LogP) is 4.83. The lowest BCUT2D eigenvalue weighted by atomic mass is 9.91. The topological polar surface area (TPSA) is 142 Å². The molecule has 1 aliphatic carbocycles. The lowest BCUT2D eigenvalue weighted by molar-refractivity contribution is -0.0113. The number of ether oxygens (including phenoxy) is 2. The molecule has 3 aromatic rings. The number of carbonyl (C=O) groups excluding carboxylic acids is 2. The number of anilines is 2. The number of benzene rings is 1. The fourth-order valence-corrected chi connectivity index (χ4v) is 5.43. The average Bonchev–Trinajstić information content (AvgIpc) is 3.42. The Morgan fingerprint density at radius 3 is 2.63 bits per heavy atom. The van der Waals surface area contributed by atoms with E-state index >= 15 is 0 Å². The van der Waals surface area contributed by atoms with Gasteiger partial charge in [-0.3, -0.25) is 9.69 Å². The number of hydrogen-bond acceptors (Lipinski definition) is 10. The molecule has 3 N–H and O–H groups in total. The van der Waals surface area contributed by atoms with Crippen LogP contribution in [0, 0.1) is 6.92 Å². The van der Waals surface area contributed by atoms with Gasteiger partial charge in [0.15, 0.2) is 12.2 Å². The fraction of sp³-hybridized carbons (Fsp3) is 0.529. The van der Waals surface area contributed by atoms with Gasteiger partial charge in [-0.15, -0.1) is 0 Å². The summed E-state index contributed by atoms with van der Waals surface area (Å²) in [6.45, 7) is 10.4. The molecule has 2 aliphatic rings. The van der Waals surface area contributed by atoms with Crippen LogP contribution in [0.1, 0.15) is 79.9 Å². The summed E-state index contributed by atoms with van der Waals surface area (Å²) in [6, 6.07) is 8.95. The molecule has 1 unspecified atom stereocenters. The van der Waals surface area contributed by atoms with Gasteiger partial charge in [0.2, 0.25) is 0 Å². The largest absolute Gasteiger partial charge is 0.486 e. The zero-order chi connectivity index (χ0) is 33.0. The highest BCUT2D eigenvalue weighted by Gasteiger charge is 2.37. The number of hydrogen-bond donors (Lipinski definition) is 3. The zero-order valence-corrected chi connectivity index (χ0v) is 27.6. The highest BCUT2D eigenvalue weighted by atomic mass is 16.6. The first-order chi connectivity index (χ1) is 21.9. The minimum Gasteiger partial charge on any atom is -0.486 e. The second kappa shape index (κ2) is 14.0. The number of oxazole rings is 1. The van der Waals surface area contributed by atoms with E-state index in [2.05, 4.69) is 15.6 Å². The van der Waals surface area contributed by atoms with Crippen molar-refractivity contribution >= 4 is 23.6 Å². The Kier molecular flexibility index (Phi) is 10.0. The van der Waals surface area contributed by atoms with Crippen molar-refractivity contribution in [3.63, 3.8) is 0 Å². The third-order valence-electron chi connectivity index (χ3n) is 8.50. The van der Waals surface area contributed by atoms with E-state index in [-0.39, 0.29) is 25.6 Å². The van der Waals surface area contributed by atoms with Crippen LogP contribution < -0.4 is 20.3 Å². The zero-order valence-electron chi connectivity index (χ0n) is 27.6. The maximum atomic E-state index is 13.4. The molecule has 0 radical (unpaired) electrons. The minimum atomic E-state index is -1.05. The number of aliphatic hydroxyl groups is 1. The van der Waals surface area contributed by atoms with Crippen LogP contribution in [0.5, 0.6) is 5.75 Å². The van der Waals surface area contributed by atoms with Gasteiger partial charge in [0.25, 0.3) is 5.91 Å². The summed E-state index contributed by atoms with van der Waals surface area (Å²) in [5, 5.41) is 17.8. The average molecular weight is 635 g/mol. The quantitative estimate of drug-likeness (QED) is 0.268. The van der Waals surface area contributed by atoms with E-state index in [1.165, 1.54) is 17.7 Å². The van der Waals surface area contributed by atoms with Crippen LogP contribution in [0.25, 0.3) is 0 Å². The summed E-state index contributed by atoms with van der Waals surface area (Å²) in [5.74, 6) is 2.29. The molecule has 2 amide bonds. The second-order valence-corrected chi connectivity index (χ2v) is 13.1. The van der Waals surface area contributed by atoms with Crippen LogP contribution in [0.4, 0.5) is 16.4 Å². The SMILES string of the molecule is CCN(C)c1cc(C(=O)NC[C@@H](O)C2Cc3ccc(OCc4ocnc4C)cc3CN2C(=O)OC(C)(C)C)cc(NC2CCC2)n1. The second-order valence-electron chi connectivity index (χ2n) is 13.1. The first-order valence-electron chi connectivity index (χ1n) is 16.0.